The minimum absolute atomic E-state index is 0.0185. The number of H-pyrrole nitrogens is 1. The molecule has 138 valence electrons. The van der Waals surface area contributed by atoms with Crippen molar-refractivity contribution in [2.75, 3.05) is 23.7 Å². The van der Waals surface area contributed by atoms with E-state index in [0.717, 1.165) is 60.7 Å². The largest absolute Gasteiger partial charge is 0.374 e. The first-order valence-electron chi connectivity index (χ1n) is 9.03. The number of nitrogens with one attached hydrogen (secondary N) is 1. The van der Waals surface area contributed by atoms with Gasteiger partial charge in [-0.3, -0.25) is 9.78 Å². The number of nitrogens with zero attached hydrogens (tertiary/aromatic N) is 5. The average molecular weight is 381 g/mol. The molecular weight excluding hydrogens is 362 g/mol. The van der Waals surface area contributed by atoms with Crippen LogP contribution in [0.4, 0.5) is 10.3 Å². The van der Waals surface area contributed by atoms with Crippen molar-refractivity contribution in [3.63, 3.8) is 0 Å². The second-order valence-electron chi connectivity index (χ2n) is 7.17. The number of anilines is 2. The van der Waals surface area contributed by atoms with Gasteiger partial charge in [0.25, 0.3) is 5.56 Å². The normalized spacial score (nSPS) is 18.0. The minimum Gasteiger partial charge on any atom is -0.374 e. The molecule has 0 aromatic carbocycles. The van der Waals surface area contributed by atoms with E-state index in [1.165, 1.54) is 11.3 Å². The first-order chi connectivity index (χ1) is 13.1. The van der Waals surface area contributed by atoms with Gasteiger partial charge in [-0.25, -0.2) is 4.98 Å². The predicted octanol–water partition coefficient (Wildman–Crippen LogP) is 1.75. The monoisotopic (exact) mass is 381 g/mol. The fourth-order valence-electron chi connectivity index (χ4n) is 4.26. The third-order valence-corrected chi connectivity index (χ3v) is 6.54. The molecule has 9 heteroatoms. The molecule has 1 saturated heterocycles. The zero-order chi connectivity index (χ0) is 18.4. The highest BCUT2D eigenvalue weighted by atomic mass is 32.1. The molecule has 0 atom stereocenters. The highest BCUT2D eigenvalue weighted by molar-refractivity contribution is 7.18. The molecule has 1 spiro atoms. The van der Waals surface area contributed by atoms with Gasteiger partial charge in [0, 0.05) is 42.0 Å². The van der Waals surface area contributed by atoms with E-state index in [2.05, 4.69) is 25.1 Å². The highest BCUT2D eigenvalue weighted by Gasteiger charge is 2.44. The van der Waals surface area contributed by atoms with E-state index < -0.39 is 0 Å². The Morgan fingerprint density at radius 3 is 2.78 bits per heavy atom. The van der Waals surface area contributed by atoms with Crippen LogP contribution >= 0.6 is 11.3 Å². The number of aromatic nitrogens is 5. The van der Waals surface area contributed by atoms with Crippen LogP contribution in [-0.4, -0.2) is 38.2 Å². The van der Waals surface area contributed by atoms with E-state index in [9.17, 15) is 4.79 Å². The molecule has 5 rings (SSSR count). The Morgan fingerprint density at radius 2 is 2.07 bits per heavy atom. The molecular formula is C18H19N7OS. The number of nitrogens with two attached hydrogens (primary N) is 1. The Labute approximate surface area is 159 Å². The number of fused-ring (bicyclic) bond motifs is 2. The highest BCUT2D eigenvalue weighted by Crippen LogP contribution is 2.45. The van der Waals surface area contributed by atoms with E-state index in [0.29, 0.717) is 11.0 Å². The summed E-state index contributed by atoms with van der Waals surface area (Å²) in [6.07, 6.45) is 7.10. The second-order valence-corrected chi connectivity index (χ2v) is 8.16. The fraction of sp³-hybridized carbons (Fsp3) is 0.389. The lowest BCUT2D eigenvalue weighted by atomic mass is 9.76. The summed E-state index contributed by atoms with van der Waals surface area (Å²) in [5, 5.41) is 9.44. The molecule has 3 aromatic heterocycles. The van der Waals surface area contributed by atoms with Crippen LogP contribution in [0.15, 0.2) is 29.3 Å². The van der Waals surface area contributed by atoms with E-state index in [1.54, 1.807) is 12.4 Å². The van der Waals surface area contributed by atoms with Crippen molar-refractivity contribution in [1.29, 1.82) is 0 Å². The van der Waals surface area contributed by atoms with Crippen LogP contribution in [0.2, 0.25) is 0 Å². The lowest BCUT2D eigenvalue weighted by Crippen LogP contribution is -2.42. The molecule has 0 amide bonds. The van der Waals surface area contributed by atoms with Crippen LogP contribution in [-0.2, 0) is 11.8 Å². The zero-order valence-electron chi connectivity index (χ0n) is 14.7. The molecule has 0 bridgehead atoms. The van der Waals surface area contributed by atoms with Crippen molar-refractivity contribution in [2.45, 2.75) is 31.1 Å². The second kappa shape index (κ2) is 6.12. The van der Waals surface area contributed by atoms with E-state index in [1.807, 2.05) is 12.1 Å². The van der Waals surface area contributed by atoms with Gasteiger partial charge in [-0.05, 0) is 37.8 Å². The number of hydrogen-bond donors (Lipinski definition) is 2. The summed E-state index contributed by atoms with van der Waals surface area (Å²) in [6, 6.07) is 3.77. The van der Waals surface area contributed by atoms with Gasteiger partial charge in [0.1, 0.15) is 5.82 Å². The van der Waals surface area contributed by atoms with Crippen molar-refractivity contribution < 1.29 is 0 Å². The summed E-state index contributed by atoms with van der Waals surface area (Å²) in [4.78, 5) is 26.9. The molecule has 0 radical (unpaired) electrons. The Morgan fingerprint density at radius 1 is 1.22 bits per heavy atom. The van der Waals surface area contributed by atoms with Crippen molar-refractivity contribution >= 4 is 21.6 Å². The summed E-state index contributed by atoms with van der Waals surface area (Å²) in [7, 11) is 0. The third kappa shape index (κ3) is 2.69. The standard InChI is InChI=1S/C18H19N7OS/c19-16-23-24-17(27-16)25-8-5-18(6-9-25)4-3-12-13(18)21-14(22-15(12)26)11-2-1-7-20-10-11/h1-2,7,10H,3-6,8-9H2,(H2,19,23)(H,21,22,26). The van der Waals surface area contributed by atoms with Crippen molar-refractivity contribution in [1.82, 2.24) is 25.1 Å². The number of pyridine rings is 1. The van der Waals surface area contributed by atoms with E-state index in [4.69, 9.17) is 10.7 Å². The molecule has 1 aliphatic carbocycles. The van der Waals surface area contributed by atoms with Crippen LogP contribution in [0.25, 0.3) is 11.4 Å². The van der Waals surface area contributed by atoms with E-state index in [-0.39, 0.29) is 11.0 Å². The summed E-state index contributed by atoms with van der Waals surface area (Å²) >= 11 is 1.42. The predicted molar refractivity (Wildman–Crippen MR) is 104 cm³/mol. The first-order valence-corrected chi connectivity index (χ1v) is 9.84. The Balaban J connectivity index is 1.48. The molecule has 2 aliphatic rings. The molecule has 27 heavy (non-hydrogen) atoms. The molecule has 8 nitrogen and oxygen atoms in total. The third-order valence-electron chi connectivity index (χ3n) is 5.73. The fourth-order valence-corrected chi connectivity index (χ4v) is 4.92. The molecule has 0 unspecified atom stereocenters. The van der Waals surface area contributed by atoms with Gasteiger partial charge in [0.05, 0.1) is 5.69 Å². The Hall–Kier alpha value is -2.81. The molecule has 1 aliphatic heterocycles. The van der Waals surface area contributed by atoms with Gasteiger partial charge in [-0.1, -0.05) is 11.3 Å². The summed E-state index contributed by atoms with van der Waals surface area (Å²) < 4.78 is 0. The van der Waals surface area contributed by atoms with Gasteiger partial charge < -0.3 is 15.6 Å². The van der Waals surface area contributed by atoms with Crippen LogP contribution in [0.1, 0.15) is 30.5 Å². The number of rotatable bonds is 2. The van der Waals surface area contributed by atoms with Crippen LogP contribution in [0, 0.1) is 0 Å². The van der Waals surface area contributed by atoms with Crippen molar-refractivity contribution in [3.8, 4) is 11.4 Å². The quantitative estimate of drug-likeness (QED) is 0.695. The maximum absolute atomic E-state index is 12.7. The van der Waals surface area contributed by atoms with Crippen molar-refractivity contribution in [2.24, 2.45) is 0 Å². The molecule has 1 fully saturated rings. The van der Waals surface area contributed by atoms with Gasteiger partial charge in [-0.2, -0.15) is 0 Å². The molecule has 3 aromatic rings. The van der Waals surface area contributed by atoms with Crippen molar-refractivity contribution in [3.05, 3.63) is 46.1 Å². The Bertz CT molecular complexity index is 1040. The van der Waals surface area contributed by atoms with Gasteiger partial charge in [0.2, 0.25) is 10.3 Å². The lowest BCUT2D eigenvalue weighted by molar-refractivity contribution is 0.323. The average Bonchev–Trinajstić information content (AvgIpc) is 3.28. The van der Waals surface area contributed by atoms with Gasteiger partial charge in [0.15, 0.2) is 0 Å². The molecule has 3 N–H and O–H groups in total. The maximum atomic E-state index is 12.7. The summed E-state index contributed by atoms with van der Waals surface area (Å²) in [6.45, 7) is 1.73. The number of piperidine rings is 1. The van der Waals surface area contributed by atoms with Crippen LogP contribution in [0.5, 0.6) is 0 Å². The van der Waals surface area contributed by atoms with Crippen LogP contribution < -0.4 is 16.2 Å². The number of hydrogen-bond acceptors (Lipinski definition) is 8. The van der Waals surface area contributed by atoms with Gasteiger partial charge >= 0.3 is 0 Å². The minimum atomic E-state index is -0.0344. The van der Waals surface area contributed by atoms with E-state index >= 15 is 0 Å². The van der Waals surface area contributed by atoms with Crippen LogP contribution in [0.3, 0.4) is 0 Å². The smallest absolute Gasteiger partial charge is 0.254 e. The summed E-state index contributed by atoms with van der Waals surface area (Å²) in [5.74, 6) is 0.604. The lowest BCUT2D eigenvalue weighted by Gasteiger charge is -2.39. The number of nitrogen functional groups attached to an aromatic ring is 1. The SMILES string of the molecule is Nc1nnc(N2CCC3(CCc4c3nc(-c3cccnc3)[nH]c4=O)CC2)s1. The van der Waals surface area contributed by atoms with Gasteiger partial charge in [-0.15, -0.1) is 10.2 Å². The molecule has 0 saturated carbocycles. The number of aromatic amines is 1. The first kappa shape index (κ1) is 16.4. The zero-order valence-corrected chi connectivity index (χ0v) is 15.5. The molecule has 4 heterocycles. The Kier molecular flexibility index (Phi) is 3.71. The topological polar surface area (TPSA) is 114 Å². The maximum Gasteiger partial charge on any atom is 0.254 e. The summed E-state index contributed by atoms with van der Waals surface area (Å²) in [5.41, 5.74) is 8.32.